The topological polar surface area (TPSA) is 61.8 Å². The summed E-state index contributed by atoms with van der Waals surface area (Å²) >= 11 is 0. The van der Waals surface area contributed by atoms with Gasteiger partial charge in [0.05, 0.1) is 6.61 Å². The van der Waals surface area contributed by atoms with Crippen molar-refractivity contribution >= 4 is 12.1 Å². The van der Waals surface area contributed by atoms with Crippen LogP contribution in [0, 0.1) is 0 Å². The summed E-state index contributed by atoms with van der Waals surface area (Å²) in [5.41, 5.74) is 0. The van der Waals surface area contributed by atoms with E-state index in [1.54, 1.807) is 6.92 Å². The van der Waals surface area contributed by atoms with Gasteiger partial charge in [0.15, 0.2) is 0 Å². The van der Waals surface area contributed by atoms with E-state index >= 15 is 0 Å². The molecular weight excluding hydrogens is 164 g/mol. The molecule has 0 aliphatic rings. The molecule has 0 saturated carbocycles. The lowest BCUT2D eigenvalue weighted by atomic mass is 10.7. The molecule has 0 aromatic carbocycles. The molecule has 0 bridgehead atoms. The van der Waals surface area contributed by atoms with Gasteiger partial charge in [-0.25, -0.2) is 4.79 Å². The van der Waals surface area contributed by atoms with Gasteiger partial charge in [-0.05, 0) is 6.92 Å². The van der Waals surface area contributed by atoms with Crippen LogP contribution in [0.2, 0.25) is 0 Å². The van der Waals surface area contributed by atoms with Crippen molar-refractivity contribution in [2.75, 3.05) is 19.8 Å². The quantitative estimate of drug-likeness (QED) is 0.466. The normalized spacial score (nSPS) is 8.83. The summed E-state index contributed by atoms with van der Waals surface area (Å²) in [7, 11) is 0. The molecule has 0 fully saturated rings. The summed E-state index contributed by atoms with van der Waals surface area (Å²) in [6.07, 6.45) is -0.746. The number of hydrogen-bond acceptors (Lipinski definition) is 5. The molecule has 0 heterocycles. The van der Waals surface area contributed by atoms with Crippen LogP contribution in [0.4, 0.5) is 4.79 Å². The highest BCUT2D eigenvalue weighted by molar-refractivity contribution is 5.65. The maximum Gasteiger partial charge on any atom is 0.508 e. The lowest BCUT2D eigenvalue weighted by Crippen LogP contribution is -2.13. The highest BCUT2D eigenvalue weighted by atomic mass is 16.7. The molecule has 0 N–H and O–H groups in total. The summed E-state index contributed by atoms with van der Waals surface area (Å²) < 4.78 is 13.4. The van der Waals surface area contributed by atoms with Crippen molar-refractivity contribution in [3.05, 3.63) is 0 Å². The third kappa shape index (κ3) is 6.85. The van der Waals surface area contributed by atoms with Gasteiger partial charge >= 0.3 is 12.1 Å². The second kappa shape index (κ2) is 6.45. The van der Waals surface area contributed by atoms with E-state index in [9.17, 15) is 9.59 Å². The average molecular weight is 176 g/mol. The number of esters is 1. The number of carbonyl (C=O) groups excluding carboxylic acids is 2. The first kappa shape index (κ1) is 10.7. The van der Waals surface area contributed by atoms with Crippen LogP contribution in [0.5, 0.6) is 0 Å². The second-order valence-electron chi connectivity index (χ2n) is 1.87. The molecule has 0 rings (SSSR count). The van der Waals surface area contributed by atoms with Crippen molar-refractivity contribution in [2.24, 2.45) is 0 Å². The predicted octanol–water partition coefficient (Wildman–Crippen LogP) is 0.723. The fraction of sp³-hybridized carbons (Fsp3) is 0.714. The van der Waals surface area contributed by atoms with Crippen molar-refractivity contribution in [2.45, 2.75) is 13.8 Å². The molecule has 0 spiro atoms. The van der Waals surface area contributed by atoms with Gasteiger partial charge in [0.25, 0.3) is 0 Å². The second-order valence-corrected chi connectivity index (χ2v) is 1.87. The SMILES string of the molecule is CCOC(=O)OCCOC(C)=O. The number of hydrogen-bond donors (Lipinski definition) is 0. The summed E-state index contributed by atoms with van der Waals surface area (Å²) in [6, 6.07) is 0. The van der Waals surface area contributed by atoms with Crippen molar-refractivity contribution < 1.29 is 23.8 Å². The van der Waals surface area contributed by atoms with Gasteiger partial charge in [-0.1, -0.05) is 0 Å². The third-order valence-electron chi connectivity index (χ3n) is 0.871. The van der Waals surface area contributed by atoms with Gasteiger partial charge in [0.1, 0.15) is 13.2 Å². The minimum Gasteiger partial charge on any atom is -0.462 e. The fourth-order valence-corrected chi connectivity index (χ4v) is 0.470. The molecule has 0 saturated heterocycles. The van der Waals surface area contributed by atoms with Crippen LogP contribution in [-0.2, 0) is 19.0 Å². The molecule has 0 atom stereocenters. The van der Waals surface area contributed by atoms with E-state index in [0.717, 1.165) is 0 Å². The average Bonchev–Trinajstić information content (AvgIpc) is 1.98. The fourth-order valence-electron chi connectivity index (χ4n) is 0.470. The van der Waals surface area contributed by atoms with Crippen molar-refractivity contribution in [1.29, 1.82) is 0 Å². The molecule has 12 heavy (non-hydrogen) atoms. The summed E-state index contributed by atoms with van der Waals surface area (Å²) in [6.45, 7) is 3.32. The zero-order valence-electron chi connectivity index (χ0n) is 7.16. The van der Waals surface area contributed by atoms with Gasteiger partial charge in [0.2, 0.25) is 0 Å². The minimum absolute atomic E-state index is 0.0262. The number of rotatable bonds is 4. The van der Waals surface area contributed by atoms with Crippen LogP contribution in [0.25, 0.3) is 0 Å². The van der Waals surface area contributed by atoms with E-state index in [4.69, 9.17) is 0 Å². The van der Waals surface area contributed by atoms with Crippen molar-refractivity contribution in [3.8, 4) is 0 Å². The van der Waals surface area contributed by atoms with E-state index in [1.165, 1.54) is 6.92 Å². The summed E-state index contributed by atoms with van der Waals surface area (Å²) in [5.74, 6) is -0.401. The Balaban J connectivity index is 3.19. The maximum absolute atomic E-state index is 10.5. The maximum atomic E-state index is 10.5. The molecule has 0 amide bonds. The molecule has 0 unspecified atom stereocenters. The monoisotopic (exact) mass is 176 g/mol. The summed E-state index contributed by atoms with van der Waals surface area (Å²) in [4.78, 5) is 20.7. The van der Waals surface area contributed by atoms with E-state index < -0.39 is 12.1 Å². The predicted molar refractivity (Wildman–Crippen MR) is 39.6 cm³/mol. The third-order valence-corrected chi connectivity index (χ3v) is 0.871. The highest BCUT2D eigenvalue weighted by Gasteiger charge is 2.01. The molecule has 0 aromatic heterocycles. The lowest BCUT2D eigenvalue weighted by molar-refractivity contribution is -0.142. The Kier molecular flexibility index (Phi) is 5.77. The van der Waals surface area contributed by atoms with Gasteiger partial charge in [-0.2, -0.15) is 0 Å². The summed E-state index contributed by atoms with van der Waals surface area (Å²) in [5, 5.41) is 0. The first-order valence-corrected chi connectivity index (χ1v) is 3.59. The first-order chi connectivity index (χ1) is 5.66. The Bertz CT molecular complexity index is 154. The Morgan fingerprint density at radius 3 is 2.17 bits per heavy atom. The van der Waals surface area contributed by atoms with Gasteiger partial charge in [-0.3, -0.25) is 4.79 Å². The standard InChI is InChI=1S/C7H12O5/c1-3-10-7(9)12-5-4-11-6(2)8/h3-5H2,1-2H3. The van der Waals surface area contributed by atoms with E-state index in [1.807, 2.05) is 0 Å². The highest BCUT2D eigenvalue weighted by Crippen LogP contribution is 1.85. The largest absolute Gasteiger partial charge is 0.508 e. The van der Waals surface area contributed by atoms with Crippen LogP contribution in [0.1, 0.15) is 13.8 Å². The zero-order valence-corrected chi connectivity index (χ0v) is 7.16. The van der Waals surface area contributed by atoms with Crippen LogP contribution < -0.4 is 0 Å². The smallest absolute Gasteiger partial charge is 0.462 e. The van der Waals surface area contributed by atoms with E-state index in [2.05, 4.69) is 14.2 Å². The molecule has 70 valence electrons. The van der Waals surface area contributed by atoms with E-state index in [-0.39, 0.29) is 19.8 Å². The number of carbonyl (C=O) groups is 2. The van der Waals surface area contributed by atoms with E-state index in [0.29, 0.717) is 0 Å². The lowest BCUT2D eigenvalue weighted by Gasteiger charge is -2.03. The van der Waals surface area contributed by atoms with Crippen molar-refractivity contribution in [1.82, 2.24) is 0 Å². The van der Waals surface area contributed by atoms with Crippen molar-refractivity contribution in [3.63, 3.8) is 0 Å². The molecule has 0 aliphatic heterocycles. The molecule has 0 aromatic rings. The minimum atomic E-state index is -0.746. The molecule has 5 nitrogen and oxygen atoms in total. The van der Waals surface area contributed by atoms with Crippen LogP contribution in [-0.4, -0.2) is 31.9 Å². The van der Waals surface area contributed by atoms with Gasteiger partial charge in [0, 0.05) is 6.92 Å². The molecular formula is C7H12O5. The molecule has 5 heteroatoms. The van der Waals surface area contributed by atoms with Gasteiger partial charge < -0.3 is 14.2 Å². The zero-order chi connectivity index (χ0) is 9.40. The Labute approximate surface area is 70.6 Å². The van der Waals surface area contributed by atoms with Crippen LogP contribution >= 0.6 is 0 Å². The van der Waals surface area contributed by atoms with Gasteiger partial charge in [-0.15, -0.1) is 0 Å². The van der Waals surface area contributed by atoms with Crippen LogP contribution in [0.3, 0.4) is 0 Å². The molecule has 0 radical (unpaired) electrons. The molecule has 0 aliphatic carbocycles. The Morgan fingerprint density at radius 2 is 1.67 bits per heavy atom. The first-order valence-electron chi connectivity index (χ1n) is 3.59. The van der Waals surface area contributed by atoms with Crippen LogP contribution in [0.15, 0.2) is 0 Å². The number of ether oxygens (including phenoxy) is 3. The Morgan fingerprint density at radius 1 is 1.08 bits per heavy atom. The Hall–Kier alpha value is -1.26.